The van der Waals surface area contributed by atoms with Crippen molar-refractivity contribution in [1.29, 1.82) is 0 Å². The molecule has 1 aromatic rings. The molecule has 1 N–H and O–H groups in total. The Morgan fingerprint density at radius 2 is 1.91 bits per heavy atom. The molecule has 2 aliphatic heterocycles. The van der Waals surface area contributed by atoms with Crippen molar-refractivity contribution >= 4 is 23.2 Å². The Labute approximate surface area is 141 Å². The minimum atomic E-state index is -0.0165. The Bertz CT molecular complexity index is 602. The Morgan fingerprint density at radius 3 is 2.57 bits per heavy atom. The third-order valence-electron chi connectivity index (χ3n) is 6.02. The van der Waals surface area contributed by atoms with Crippen LogP contribution in [0.15, 0.2) is 11.4 Å². The van der Waals surface area contributed by atoms with Gasteiger partial charge in [-0.3, -0.25) is 9.59 Å². The van der Waals surface area contributed by atoms with Crippen LogP contribution in [0.4, 0.5) is 0 Å². The number of quaternary nitrogens is 1. The lowest BCUT2D eigenvalue weighted by Crippen LogP contribution is -3.14. The van der Waals surface area contributed by atoms with Gasteiger partial charge in [-0.2, -0.15) is 0 Å². The van der Waals surface area contributed by atoms with Crippen molar-refractivity contribution < 1.29 is 14.5 Å². The molecule has 4 atom stereocenters. The second-order valence-electron chi connectivity index (χ2n) is 7.18. The largest absolute Gasteiger partial charge is 0.311 e. The molecule has 2 amide bonds. The standard InChI is InChI=1S/C18H24N2O2S/c1-2-15-14-8-10-23-16(14)7-9-19(15)11-20-17(21)12-5-3-4-6-13(12)18(20)22/h8,10,12-13,15H,2-7,9,11H2,1H3/p+1/t12-,13+,15-/m0/s1. The Morgan fingerprint density at radius 1 is 1.22 bits per heavy atom. The van der Waals surface area contributed by atoms with Crippen LogP contribution in [0.25, 0.3) is 0 Å². The molecule has 0 spiro atoms. The summed E-state index contributed by atoms with van der Waals surface area (Å²) < 4.78 is 0. The second-order valence-corrected chi connectivity index (χ2v) is 8.18. The number of nitrogens with one attached hydrogen (secondary N) is 1. The molecule has 0 bridgehead atoms. The highest BCUT2D eigenvalue weighted by Crippen LogP contribution is 2.37. The van der Waals surface area contributed by atoms with E-state index in [0.717, 1.165) is 45.1 Å². The van der Waals surface area contributed by atoms with Gasteiger partial charge in [0, 0.05) is 23.3 Å². The lowest BCUT2D eigenvalue weighted by Gasteiger charge is -2.34. The molecule has 4 nitrogen and oxygen atoms in total. The van der Waals surface area contributed by atoms with Gasteiger partial charge < -0.3 is 4.90 Å². The first-order valence-corrected chi connectivity index (χ1v) is 9.84. The van der Waals surface area contributed by atoms with Crippen molar-refractivity contribution in [2.24, 2.45) is 11.8 Å². The van der Waals surface area contributed by atoms with Crippen LogP contribution < -0.4 is 4.90 Å². The van der Waals surface area contributed by atoms with Gasteiger partial charge in [0.25, 0.3) is 0 Å². The summed E-state index contributed by atoms with van der Waals surface area (Å²) in [5.41, 5.74) is 1.44. The van der Waals surface area contributed by atoms with Crippen LogP contribution in [-0.4, -0.2) is 29.9 Å². The van der Waals surface area contributed by atoms with Crippen LogP contribution in [0.3, 0.4) is 0 Å². The first-order chi connectivity index (χ1) is 11.2. The lowest BCUT2D eigenvalue weighted by atomic mass is 9.81. The van der Waals surface area contributed by atoms with Gasteiger partial charge in [-0.25, -0.2) is 4.90 Å². The average molecular weight is 333 g/mol. The Balaban J connectivity index is 1.54. The van der Waals surface area contributed by atoms with Crippen LogP contribution in [0.2, 0.25) is 0 Å². The summed E-state index contributed by atoms with van der Waals surface area (Å²) in [4.78, 5) is 29.9. The maximum atomic E-state index is 12.7. The highest BCUT2D eigenvalue weighted by molar-refractivity contribution is 7.10. The molecule has 5 heteroatoms. The van der Waals surface area contributed by atoms with E-state index in [-0.39, 0.29) is 23.7 Å². The summed E-state index contributed by atoms with van der Waals surface area (Å²) in [6, 6.07) is 2.66. The molecular formula is C18H25N2O2S+. The van der Waals surface area contributed by atoms with Gasteiger partial charge in [-0.15, -0.1) is 11.3 Å². The quantitative estimate of drug-likeness (QED) is 0.857. The maximum absolute atomic E-state index is 12.7. The molecule has 3 aliphatic rings. The number of nitrogens with zero attached hydrogens (tertiary/aromatic N) is 1. The van der Waals surface area contributed by atoms with Gasteiger partial charge >= 0.3 is 0 Å². The third kappa shape index (κ3) is 2.45. The zero-order valence-electron chi connectivity index (χ0n) is 13.7. The lowest BCUT2D eigenvalue weighted by molar-refractivity contribution is -0.940. The van der Waals surface area contributed by atoms with Crippen molar-refractivity contribution in [2.45, 2.75) is 51.5 Å². The van der Waals surface area contributed by atoms with Crippen molar-refractivity contribution in [3.05, 3.63) is 21.9 Å². The zero-order chi connectivity index (χ0) is 16.0. The number of carbonyl (C=O) groups excluding carboxylic acids is 2. The summed E-state index contributed by atoms with van der Waals surface area (Å²) in [5.74, 6) is 0.186. The van der Waals surface area contributed by atoms with Gasteiger partial charge in [-0.1, -0.05) is 19.8 Å². The van der Waals surface area contributed by atoms with Crippen molar-refractivity contribution in [3.63, 3.8) is 0 Å². The summed E-state index contributed by atoms with van der Waals surface area (Å²) in [6.45, 7) is 3.81. The first-order valence-electron chi connectivity index (χ1n) is 8.96. The second kappa shape index (κ2) is 6.02. The monoisotopic (exact) mass is 333 g/mol. The fraction of sp³-hybridized carbons (Fsp3) is 0.667. The van der Waals surface area contributed by atoms with E-state index in [0.29, 0.717) is 12.7 Å². The number of imide groups is 1. The predicted molar refractivity (Wildman–Crippen MR) is 89.1 cm³/mol. The summed E-state index contributed by atoms with van der Waals surface area (Å²) in [5, 5.41) is 2.18. The minimum absolute atomic E-state index is 0.0165. The molecule has 1 aliphatic carbocycles. The molecule has 1 aromatic heterocycles. The summed E-state index contributed by atoms with van der Waals surface area (Å²) >= 11 is 1.85. The van der Waals surface area contributed by atoms with Crippen LogP contribution >= 0.6 is 11.3 Å². The number of fused-ring (bicyclic) bond motifs is 2. The maximum Gasteiger partial charge on any atom is 0.237 e. The summed E-state index contributed by atoms with van der Waals surface area (Å²) in [6.07, 6.45) is 6.14. The molecular weight excluding hydrogens is 308 g/mol. The smallest absolute Gasteiger partial charge is 0.237 e. The molecule has 2 fully saturated rings. The van der Waals surface area contributed by atoms with E-state index in [2.05, 4.69) is 18.4 Å². The van der Waals surface area contributed by atoms with Crippen molar-refractivity contribution in [1.82, 2.24) is 4.90 Å². The summed E-state index contributed by atoms with van der Waals surface area (Å²) in [7, 11) is 0. The number of likely N-dealkylation sites (tertiary alicyclic amines) is 1. The number of rotatable bonds is 3. The highest BCUT2D eigenvalue weighted by Gasteiger charge is 2.49. The molecule has 3 heterocycles. The zero-order valence-corrected chi connectivity index (χ0v) is 14.5. The Kier molecular flexibility index (Phi) is 4.01. The number of amides is 2. The van der Waals surface area contributed by atoms with Crippen LogP contribution in [-0.2, 0) is 16.0 Å². The highest BCUT2D eigenvalue weighted by atomic mass is 32.1. The molecule has 4 rings (SSSR count). The fourth-order valence-corrected chi connectivity index (χ4v) is 5.77. The molecule has 1 saturated carbocycles. The van der Waals surface area contributed by atoms with Gasteiger partial charge in [0.15, 0.2) is 6.67 Å². The number of carbonyl (C=O) groups is 2. The topological polar surface area (TPSA) is 41.8 Å². The Hall–Kier alpha value is -1.20. The molecule has 1 saturated heterocycles. The first kappa shape index (κ1) is 15.3. The van der Waals surface area contributed by atoms with E-state index in [1.807, 2.05) is 11.3 Å². The molecule has 124 valence electrons. The van der Waals surface area contributed by atoms with E-state index in [4.69, 9.17) is 0 Å². The predicted octanol–water partition coefficient (Wildman–Crippen LogP) is 1.77. The average Bonchev–Trinajstić information content (AvgIpc) is 3.14. The minimum Gasteiger partial charge on any atom is -0.311 e. The van der Waals surface area contributed by atoms with E-state index >= 15 is 0 Å². The molecule has 0 aromatic carbocycles. The van der Waals surface area contributed by atoms with Crippen LogP contribution in [0, 0.1) is 11.8 Å². The van der Waals surface area contributed by atoms with Crippen molar-refractivity contribution in [2.75, 3.05) is 13.2 Å². The normalized spacial score (nSPS) is 33.7. The van der Waals surface area contributed by atoms with E-state index in [1.54, 1.807) is 4.90 Å². The molecule has 23 heavy (non-hydrogen) atoms. The van der Waals surface area contributed by atoms with E-state index in [9.17, 15) is 9.59 Å². The van der Waals surface area contributed by atoms with Crippen molar-refractivity contribution in [3.8, 4) is 0 Å². The number of thiophene rings is 1. The van der Waals surface area contributed by atoms with Gasteiger partial charge in [0.2, 0.25) is 11.8 Å². The fourth-order valence-electron chi connectivity index (χ4n) is 4.82. The van der Waals surface area contributed by atoms with Gasteiger partial charge in [0.05, 0.1) is 18.4 Å². The van der Waals surface area contributed by atoms with Crippen LogP contribution in [0.5, 0.6) is 0 Å². The SMILES string of the molecule is CC[C@H]1c2ccsc2CC[NH+]1CN1C(=O)[C@H]2CCCC[C@H]2C1=O. The third-order valence-corrected chi connectivity index (χ3v) is 7.02. The number of hydrogen-bond donors (Lipinski definition) is 1. The van der Waals surface area contributed by atoms with E-state index in [1.165, 1.54) is 15.3 Å². The molecule has 0 radical (unpaired) electrons. The number of hydrogen-bond acceptors (Lipinski definition) is 3. The molecule has 1 unspecified atom stereocenters. The van der Waals surface area contributed by atoms with Gasteiger partial charge in [-0.05, 0) is 24.3 Å². The van der Waals surface area contributed by atoms with E-state index < -0.39 is 0 Å². The van der Waals surface area contributed by atoms with Crippen LogP contribution in [0.1, 0.15) is 55.5 Å². The van der Waals surface area contributed by atoms with Gasteiger partial charge in [0.1, 0.15) is 6.04 Å².